The zero-order valence-electron chi connectivity index (χ0n) is 13.4. The first kappa shape index (κ1) is 10.4. The Kier molecular flexibility index (Phi) is 3.16. The monoisotopic (exact) mass is 248 g/mol. The fraction of sp³-hybridized carbons (Fsp3) is 0.467. The predicted octanol–water partition coefficient (Wildman–Crippen LogP) is 3.23. The van der Waals surface area contributed by atoms with Crippen LogP contribution in [0.2, 0.25) is 0 Å². The van der Waals surface area contributed by atoms with E-state index in [2.05, 4.69) is 4.98 Å². The highest BCUT2D eigenvalue weighted by atomic mass is 16.5. The van der Waals surface area contributed by atoms with Crippen molar-refractivity contribution in [2.24, 2.45) is 0 Å². The van der Waals surface area contributed by atoms with E-state index in [0.717, 1.165) is 28.6 Å². The van der Waals surface area contributed by atoms with Gasteiger partial charge in [-0.3, -0.25) is 0 Å². The molecule has 0 bridgehead atoms. The summed E-state index contributed by atoms with van der Waals surface area (Å²) in [6.45, 7) is 0.602. The number of aromatic amines is 1. The summed E-state index contributed by atoms with van der Waals surface area (Å²) in [6, 6.07) is 5.83. The first-order valence-electron chi connectivity index (χ1n) is 7.24. The Morgan fingerprint density at radius 2 is 2.22 bits per heavy atom. The summed E-state index contributed by atoms with van der Waals surface area (Å²) in [5.41, 5.74) is 1.95. The van der Waals surface area contributed by atoms with Gasteiger partial charge in [0.15, 0.2) is 0 Å². The third-order valence-corrected chi connectivity index (χ3v) is 3.12. The lowest BCUT2D eigenvalue weighted by Gasteiger charge is -2.19. The maximum Gasteiger partial charge on any atom is 0.128 e. The first-order chi connectivity index (χ1) is 9.43. The van der Waals surface area contributed by atoms with Gasteiger partial charge in [-0.05, 0) is 44.1 Å². The van der Waals surface area contributed by atoms with Crippen LogP contribution in [0.15, 0.2) is 24.4 Å². The Labute approximate surface area is 112 Å². The number of methoxy groups -OCH3 is 1. The minimum absolute atomic E-state index is 0.220. The van der Waals surface area contributed by atoms with Crippen LogP contribution in [0.1, 0.15) is 27.6 Å². The Bertz CT molecular complexity index is 593. The lowest BCUT2D eigenvalue weighted by Crippen LogP contribution is -2.19. The maximum absolute atomic E-state index is 8.36. The second-order valence-corrected chi connectivity index (χ2v) is 4.61. The third kappa shape index (κ3) is 2.36. The van der Waals surface area contributed by atoms with Crippen LogP contribution in [0.5, 0.6) is 5.75 Å². The lowest BCUT2D eigenvalue weighted by molar-refractivity contribution is 0.368. The minimum atomic E-state index is -1.41. The molecule has 0 aliphatic rings. The highest BCUT2D eigenvalue weighted by Crippen LogP contribution is 2.34. The van der Waals surface area contributed by atoms with Gasteiger partial charge in [-0.25, -0.2) is 0 Å². The molecule has 1 aromatic carbocycles. The number of ether oxygens (including phenoxy) is 1. The largest absolute Gasteiger partial charge is 0.496 e. The van der Waals surface area contributed by atoms with Gasteiger partial charge in [0.05, 0.1) is 7.11 Å². The molecule has 0 spiro atoms. The van der Waals surface area contributed by atoms with E-state index in [1.165, 1.54) is 0 Å². The number of benzene rings is 1. The summed E-state index contributed by atoms with van der Waals surface area (Å²) >= 11 is 0. The van der Waals surface area contributed by atoms with Gasteiger partial charge >= 0.3 is 0 Å². The molecule has 2 aromatic rings. The lowest BCUT2D eigenvalue weighted by atomic mass is 9.95. The van der Waals surface area contributed by atoms with Crippen LogP contribution in [0.25, 0.3) is 10.9 Å². The van der Waals surface area contributed by atoms with Crippen molar-refractivity contribution in [3.63, 3.8) is 0 Å². The molecule has 0 saturated heterocycles. The number of likely N-dealkylation sites (N-methyl/N-ethyl adjacent to an activating group) is 1. The van der Waals surface area contributed by atoms with Gasteiger partial charge in [0.2, 0.25) is 0 Å². The van der Waals surface area contributed by atoms with Crippen LogP contribution in [-0.2, 0) is 0 Å². The van der Waals surface area contributed by atoms with E-state index in [9.17, 15) is 0 Å². The van der Waals surface area contributed by atoms with Crippen molar-refractivity contribution in [1.29, 1.82) is 0 Å². The van der Waals surface area contributed by atoms with Crippen LogP contribution in [0, 0.1) is 0 Å². The van der Waals surface area contributed by atoms with Crippen LogP contribution in [0.3, 0.4) is 0 Å². The smallest absolute Gasteiger partial charge is 0.128 e. The normalized spacial score (nSPS) is 15.6. The molecule has 0 saturated carbocycles. The number of nitrogens with one attached hydrogen (secondary N) is 1. The molecule has 18 heavy (non-hydrogen) atoms. The molecule has 1 unspecified atom stereocenters. The standard InChI is InChI=1S/C15H22N2O/c1-5-11(10-17(2)3)12-9-16-13-7-6-8-14(18-4)15(12)13/h6-9,11,16H,5,10H2,1-4H3/i10D2. The minimum Gasteiger partial charge on any atom is -0.496 e. The molecule has 1 heterocycles. The van der Waals surface area contributed by atoms with E-state index in [1.54, 1.807) is 26.1 Å². The second-order valence-electron chi connectivity index (χ2n) is 4.61. The van der Waals surface area contributed by atoms with Crippen molar-refractivity contribution < 1.29 is 7.48 Å². The summed E-state index contributed by atoms with van der Waals surface area (Å²) in [6.07, 6.45) is 2.62. The van der Waals surface area contributed by atoms with Crippen LogP contribution in [0.4, 0.5) is 0 Å². The molecule has 3 nitrogen and oxygen atoms in total. The van der Waals surface area contributed by atoms with Crippen molar-refractivity contribution >= 4 is 10.9 Å². The Hall–Kier alpha value is -1.48. The summed E-state index contributed by atoms with van der Waals surface area (Å²) < 4.78 is 22.1. The van der Waals surface area contributed by atoms with E-state index >= 15 is 0 Å². The molecule has 0 aliphatic heterocycles. The van der Waals surface area contributed by atoms with Gasteiger partial charge in [0.25, 0.3) is 0 Å². The molecule has 0 radical (unpaired) electrons. The van der Waals surface area contributed by atoms with Gasteiger partial charge in [-0.15, -0.1) is 0 Å². The zero-order valence-corrected chi connectivity index (χ0v) is 11.4. The van der Waals surface area contributed by atoms with Gasteiger partial charge in [-0.1, -0.05) is 13.0 Å². The van der Waals surface area contributed by atoms with Crippen LogP contribution >= 0.6 is 0 Å². The number of rotatable bonds is 5. The van der Waals surface area contributed by atoms with E-state index in [-0.39, 0.29) is 5.92 Å². The van der Waals surface area contributed by atoms with Crippen molar-refractivity contribution in [3.8, 4) is 5.75 Å². The molecule has 1 aromatic heterocycles. The molecule has 3 heteroatoms. The number of fused-ring (bicyclic) bond motifs is 1. The Balaban J connectivity index is 2.61. The van der Waals surface area contributed by atoms with E-state index in [1.807, 2.05) is 31.3 Å². The number of nitrogens with zero attached hydrogens (tertiary/aromatic N) is 1. The molecule has 0 fully saturated rings. The molecular weight excluding hydrogens is 224 g/mol. The van der Waals surface area contributed by atoms with E-state index in [4.69, 9.17) is 7.48 Å². The van der Waals surface area contributed by atoms with E-state index < -0.39 is 6.50 Å². The molecule has 2 rings (SSSR count). The van der Waals surface area contributed by atoms with Crippen LogP contribution in [-0.4, -0.2) is 37.6 Å². The SMILES string of the molecule is [2H]C([2H])(C(CC)c1c[nH]c2cccc(OC)c12)N(C)C. The summed E-state index contributed by atoms with van der Waals surface area (Å²) in [5, 5.41) is 0.979. The second kappa shape index (κ2) is 5.44. The molecule has 1 atom stereocenters. The number of hydrogen-bond acceptors (Lipinski definition) is 2. The maximum atomic E-state index is 8.36. The fourth-order valence-electron chi connectivity index (χ4n) is 2.31. The average molecular weight is 248 g/mol. The summed E-state index contributed by atoms with van der Waals surface area (Å²) in [4.78, 5) is 4.86. The summed E-state index contributed by atoms with van der Waals surface area (Å²) in [7, 11) is 5.19. The van der Waals surface area contributed by atoms with Gasteiger partial charge in [-0.2, -0.15) is 0 Å². The zero-order chi connectivity index (χ0) is 14.9. The topological polar surface area (TPSA) is 28.3 Å². The van der Waals surface area contributed by atoms with Crippen LogP contribution < -0.4 is 4.74 Å². The predicted molar refractivity (Wildman–Crippen MR) is 76.4 cm³/mol. The number of aromatic nitrogens is 1. The fourth-order valence-corrected chi connectivity index (χ4v) is 2.31. The van der Waals surface area contributed by atoms with Crippen molar-refractivity contribution in [2.75, 3.05) is 27.7 Å². The number of H-pyrrole nitrogens is 1. The van der Waals surface area contributed by atoms with Crippen molar-refractivity contribution in [3.05, 3.63) is 30.0 Å². The van der Waals surface area contributed by atoms with Gasteiger partial charge in [0.1, 0.15) is 5.75 Å². The average Bonchev–Trinajstić information content (AvgIpc) is 2.83. The Morgan fingerprint density at radius 1 is 1.44 bits per heavy atom. The third-order valence-electron chi connectivity index (χ3n) is 3.12. The van der Waals surface area contributed by atoms with Gasteiger partial charge in [0, 0.05) is 26.3 Å². The van der Waals surface area contributed by atoms with Crippen molar-refractivity contribution in [2.45, 2.75) is 19.3 Å². The Morgan fingerprint density at radius 3 is 2.83 bits per heavy atom. The quantitative estimate of drug-likeness (QED) is 0.880. The molecule has 1 N–H and O–H groups in total. The molecular formula is C15H22N2O. The highest BCUT2D eigenvalue weighted by Gasteiger charge is 2.17. The van der Waals surface area contributed by atoms with Crippen molar-refractivity contribution in [1.82, 2.24) is 9.88 Å². The summed E-state index contributed by atoms with van der Waals surface area (Å²) in [5.74, 6) is 0.564. The van der Waals surface area contributed by atoms with Gasteiger partial charge < -0.3 is 14.6 Å². The molecule has 0 amide bonds. The highest BCUT2D eigenvalue weighted by molar-refractivity contribution is 5.89. The number of hydrogen-bond donors (Lipinski definition) is 1. The molecule has 98 valence electrons. The van der Waals surface area contributed by atoms with E-state index in [0.29, 0.717) is 0 Å². The first-order valence-corrected chi connectivity index (χ1v) is 6.24. The molecule has 0 aliphatic carbocycles.